The van der Waals surface area contributed by atoms with Gasteiger partial charge in [-0.1, -0.05) is 41.4 Å². The van der Waals surface area contributed by atoms with E-state index < -0.39 is 21.8 Å². The van der Waals surface area contributed by atoms with Gasteiger partial charge in [-0.15, -0.1) is 0 Å². The Kier molecular flexibility index (Phi) is 7.15. The number of carbonyl (C=O) groups is 2. The van der Waals surface area contributed by atoms with E-state index in [1.807, 2.05) is 0 Å². The van der Waals surface area contributed by atoms with Crippen LogP contribution in [0, 0.1) is 6.92 Å². The largest absolute Gasteiger partial charge is 0.455 e. The molecule has 0 unspecified atom stereocenters. The molecular formula is C23H20Cl2N4O5S. The molecule has 0 atom stereocenters. The van der Waals surface area contributed by atoms with E-state index in [9.17, 15) is 18.0 Å². The van der Waals surface area contributed by atoms with E-state index in [2.05, 4.69) is 20.8 Å². The first kappa shape index (κ1) is 24.8. The van der Waals surface area contributed by atoms with Gasteiger partial charge in [0.15, 0.2) is 5.76 Å². The highest BCUT2D eigenvalue weighted by atomic mass is 35.5. The van der Waals surface area contributed by atoms with Gasteiger partial charge in [-0.3, -0.25) is 20.4 Å². The maximum absolute atomic E-state index is 12.7. The summed E-state index contributed by atoms with van der Waals surface area (Å²) in [6.07, 6.45) is 1.72. The number of amides is 2. The minimum absolute atomic E-state index is 0.0157. The lowest BCUT2D eigenvalue weighted by Gasteiger charge is -2.14. The van der Waals surface area contributed by atoms with Crippen molar-refractivity contribution >= 4 is 50.8 Å². The number of aryl methyl sites for hydroxylation is 1. The molecule has 4 rings (SSSR count). The number of hydrazone groups is 1. The molecule has 0 fully saturated rings. The summed E-state index contributed by atoms with van der Waals surface area (Å²) in [5.41, 5.74) is 6.24. The summed E-state index contributed by atoms with van der Waals surface area (Å²) in [5.74, 6) is -0.812. The number of hydrogen-bond acceptors (Lipinski definition) is 6. The first-order chi connectivity index (χ1) is 16.7. The molecule has 1 aromatic heterocycles. The Bertz CT molecular complexity index is 1440. The van der Waals surface area contributed by atoms with Crippen LogP contribution in [0.3, 0.4) is 0 Å². The Hall–Kier alpha value is -3.34. The molecular weight excluding hydrogens is 515 g/mol. The van der Waals surface area contributed by atoms with Crippen molar-refractivity contribution in [2.45, 2.75) is 31.1 Å². The van der Waals surface area contributed by atoms with Crippen LogP contribution in [0.25, 0.3) is 0 Å². The van der Waals surface area contributed by atoms with Gasteiger partial charge in [0.25, 0.3) is 15.9 Å². The Balaban J connectivity index is 1.51. The molecule has 0 aliphatic heterocycles. The molecule has 35 heavy (non-hydrogen) atoms. The van der Waals surface area contributed by atoms with Gasteiger partial charge in [0.2, 0.25) is 0 Å². The maximum atomic E-state index is 12.7. The first-order valence-electron chi connectivity index (χ1n) is 10.5. The molecule has 0 spiro atoms. The van der Waals surface area contributed by atoms with Gasteiger partial charge >= 0.3 is 5.91 Å². The van der Waals surface area contributed by atoms with Crippen LogP contribution in [-0.2, 0) is 16.4 Å². The second-order valence-electron chi connectivity index (χ2n) is 7.71. The Morgan fingerprint density at radius 1 is 1.00 bits per heavy atom. The molecule has 1 aliphatic rings. The van der Waals surface area contributed by atoms with Gasteiger partial charge in [0, 0.05) is 22.6 Å². The molecule has 2 amide bonds. The highest BCUT2D eigenvalue weighted by molar-refractivity contribution is 7.89. The maximum Gasteiger partial charge on any atom is 0.305 e. The average Bonchev–Trinajstić information content (AvgIpc) is 3.18. The number of benzene rings is 2. The molecule has 9 nitrogen and oxygen atoms in total. The second kappa shape index (κ2) is 10.1. The van der Waals surface area contributed by atoms with Crippen molar-refractivity contribution in [3.8, 4) is 0 Å². The highest BCUT2D eigenvalue weighted by Gasteiger charge is 2.28. The topological polar surface area (TPSA) is 130 Å². The quantitative estimate of drug-likeness (QED) is 0.426. The summed E-state index contributed by atoms with van der Waals surface area (Å²) in [5, 5.41) is 4.63. The predicted molar refractivity (Wildman–Crippen MR) is 131 cm³/mol. The van der Waals surface area contributed by atoms with E-state index in [1.165, 1.54) is 30.3 Å². The van der Waals surface area contributed by atoms with Crippen LogP contribution < -0.4 is 15.7 Å². The zero-order valence-corrected chi connectivity index (χ0v) is 20.7. The predicted octanol–water partition coefficient (Wildman–Crippen LogP) is 3.99. The minimum atomic E-state index is -3.85. The molecule has 1 heterocycles. The van der Waals surface area contributed by atoms with Crippen LogP contribution in [0.5, 0.6) is 0 Å². The van der Waals surface area contributed by atoms with Gasteiger partial charge in [-0.25, -0.2) is 0 Å². The normalized spacial score (nSPS) is 14.3. The molecule has 3 N–H and O–H groups in total. The van der Waals surface area contributed by atoms with E-state index in [0.717, 1.165) is 0 Å². The SMILES string of the molecule is Cc1c(C(=O)NNC(=O)c2ccc(Cl)cc2Cl)oc2c1/C(=N/NS(=O)(=O)c1ccccc1)CCC2. The monoisotopic (exact) mass is 534 g/mol. The van der Waals surface area contributed by atoms with Crippen molar-refractivity contribution < 1.29 is 22.4 Å². The van der Waals surface area contributed by atoms with Gasteiger partial charge in [0.05, 0.1) is 21.2 Å². The number of nitrogens with one attached hydrogen (secondary N) is 3. The number of fused-ring (bicyclic) bond motifs is 1. The van der Waals surface area contributed by atoms with Crippen LogP contribution >= 0.6 is 23.2 Å². The molecule has 182 valence electrons. The van der Waals surface area contributed by atoms with Crippen molar-refractivity contribution in [1.82, 2.24) is 15.7 Å². The van der Waals surface area contributed by atoms with E-state index >= 15 is 0 Å². The van der Waals surface area contributed by atoms with Gasteiger partial charge < -0.3 is 4.42 Å². The number of sulfonamides is 1. The van der Waals surface area contributed by atoms with Gasteiger partial charge in [-0.2, -0.15) is 18.4 Å². The number of hydrazine groups is 1. The summed E-state index contributed by atoms with van der Waals surface area (Å²) >= 11 is 11.9. The van der Waals surface area contributed by atoms with Crippen LogP contribution in [-0.4, -0.2) is 25.9 Å². The minimum Gasteiger partial charge on any atom is -0.455 e. The molecule has 0 bridgehead atoms. The molecule has 12 heteroatoms. The summed E-state index contributed by atoms with van der Waals surface area (Å²) in [7, 11) is -3.85. The van der Waals surface area contributed by atoms with Gasteiger partial charge in [-0.05, 0) is 50.1 Å². The van der Waals surface area contributed by atoms with Crippen LogP contribution in [0.4, 0.5) is 0 Å². The zero-order chi connectivity index (χ0) is 25.2. The Morgan fingerprint density at radius 2 is 1.71 bits per heavy atom. The third-order valence-corrected chi connectivity index (χ3v) is 7.12. The highest BCUT2D eigenvalue weighted by Crippen LogP contribution is 2.30. The third-order valence-electron chi connectivity index (χ3n) is 5.35. The van der Waals surface area contributed by atoms with Crippen molar-refractivity contribution in [1.29, 1.82) is 0 Å². The number of hydrogen-bond donors (Lipinski definition) is 3. The van der Waals surface area contributed by atoms with E-state index in [-0.39, 0.29) is 21.2 Å². The van der Waals surface area contributed by atoms with Crippen LogP contribution in [0.1, 0.15) is 50.6 Å². The lowest BCUT2D eigenvalue weighted by molar-refractivity contribution is 0.0829. The molecule has 0 radical (unpaired) electrons. The molecule has 1 aliphatic carbocycles. The summed E-state index contributed by atoms with van der Waals surface area (Å²) in [4.78, 5) is 27.5. The number of furan rings is 1. The average molecular weight is 535 g/mol. The smallest absolute Gasteiger partial charge is 0.305 e. The summed E-state index contributed by atoms with van der Waals surface area (Å²) in [6, 6.07) is 12.2. The fourth-order valence-corrected chi connectivity index (χ4v) is 5.02. The van der Waals surface area contributed by atoms with Crippen molar-refractivity contribution in [3.63, 3.8) is 0 Å². The van der Waals surface area contributed by atoms with Crippen LogP contribution in [0.2, 0.25) is 10.0 Å². The molecule has 2 aromatic carbocycles. The first-order valence-corrected chi connectivity index (χ1v) is 12.7. The fraction of sp³-hybridized carbons (Fsp3) is 0.174. The van der Waals surface area contributed by atoms with Crippen LogP contribution in [0.15, 0.2) is 62.9 Å². The van der Waals surface area contributed by atoms with Gasteiger partial charge in [0.1, 0.15) is 5.76 Å². The molecule has 3 aromatic rings. The number of nitrogens with zero attached hydrogens (tertiary/aromatic N) is 1. The lowest BCUT2D eigenvalue weighted by Crippen LogP contribution is -2.41. The lowest BCUT2D eigenvalue weighted by atomic mass is 9.93. The fourth-order valence-electron chi connectivity index (χ4n) is 3.68. The molecule has 0 saturated carbocycles. The Morgan fingerprint density at radius 3 is 2.43 bits per heavy atom. The van der Waals surface area contributed by atoms with E-state index in [4.69, 9.17) is 27.6 Å². The number of rotatable bonds is 5. The molecule has 0 saturated heterocycles. The third kappa shape index (κ3) is 5.34. The second-order valence-corrected chi connectivity index (χ2v) is 10.2. The summed E-state index contributed by atoms with van der Waals surface area (Å²) in [6.45, 7) is 1.67. The summed E-state index contributed by atoms with van der Waals surface area (Å²) < 4.78 is 30.8. The zero-order valence-electron chi connectivity index (χ0n) is 18.4. The number of carbonyl (C=O) groups excluding carboxylic acids is 2. The van der Waals surface area contributed by atoms with E-state index in [0.29, 0.717) is 46.9 Å². The van der Waals surface area contributed by atoms with E-state index in [1.54, 1.807) is 25.1 Å². The Labute approximate surface area is 211 Å². The number of halogens is 2. The van der Waals surface area contributed by atoms with Crippen molar-refractivity contribution in [3.05, 3.63) is 86.8 Å². The standard InChI is InChI=1S/C23H20Cl2N4O5S/c1-13-20-18(26-29-35(32,33)15-6-3-2-4-7-15)8-5-9-19(20)34-21(13)23(31)28-27-22(30)16-11-10-14(24)12-17(16)25/h2-4,6-7,10-12,29H,5,8-9H2,1H3,(H,27,30)(H,28,31)/b26-18+. The van der Waals surface area contributed by atoms with Crippen molar-refractivity contribution in [2.24, 2.45) is 5.10 Å². The van der Waals surface area contributed by atoms with Crippen molar-refractivity contribution in [2.75, 3.05) is 0 Å².